The van der Waals surface area contributed by atoms with Crippen molar-refractivity contribution in [2.45, 2.75) is 12.2 Å². The van der Waals surface area contributed by atoms with Gasteiger partial charge in [0.25, 0.3) is 0 Å². The first-order chi connectivity index (χ1) is 11.0. The summed E-state index contributed by atoms with van der Waals surface area (Å²) in [5, 5.41) is 7.39. The molecule has 1 aromatic heterocycles. The van der Waals surface area contributed by atoms with Gasteiger partial charge in [0.2, 0.25) is 5.91 Å². The lowest BCUT2D eigenvalue weighted by Gasteiger charge is -2.17. The summed E-state index contributed by atoms with van der Waals surface area (Å²) in [4.78, 5) is 12.0. The van der Waals surface area contributed by atoms with Crippen molar-refractivity contribution in [1.82, 2.24) is 9.78 Å². The lowest BCUT2D eigenvalue weighted by atomic mass is 10.0. The third-order valence-corrected chi connectivity index (χ3v) is 5.12. The average molecular weight is 333 g/mol. The van der Waals surface area contributed by atoms with Crippen molar-refractivity contribution < 1.29 is 14.3 Å². The maximum absolute atomic E-state index is 12.0. The minimum Gasteiger partial charge on any atom is -0.497 e. The summed E-state index contributed by atoms with van der Waals surface area (Å²) in [6.45, 7) is 1.96. The van der Waals surface area contributed by atoms with Gasteiger partial charge in [-0.2, -0.15) is 5.10 Å². The molecule has 1 aliphatic heterocycles. The van der Waals surface area contributed by atoms with Crippen molar-refractivity contribution in [2.24, 2.45) is 7.05 Å². The molecule has 6 nitrogen and oxygen atoms in total. The summed E-state index contributed by atoms with van der Waals surface area (Å²) in [6, 6.07) is 5.80. The number of methoxy groups -OCH3 is 2. The zero-order valence-corrected chi connectivity index (χ0v) is 14.4. The monoisotopic (exact) mass is 333 g/mol. The molecule has 2 aromatic rings. The Balaban J connectivity index is 2.15. The normalized spacial score (nSPS) is 17.2. The zero-order valence-electron chi connectivity index (χ0n) is 13.5. The fourth-order valence-corrected chi connectivity index (χ4v) is 3.96. The van der Waals surface area contributed by atoms with E-state index < -0.39 is 0 Å². The molecule has 23 heavy (non-hydrogen) atoms. The van der Waals surface area contributed by atoms with E-state index in [0.717, 1.165) is 34.1 Å². The van der Waals surface area contributed by atoms with Crippen LogP contribution in [-0.2, 0) is 11.8 Å². The first kappa shape index (κ1) is 15.7. The fourth-order valence-electron chi connectivity index (χ4n) is 2.79. The number of ether oxygens (including phenoxy) is 2. The van der Waals surface area contributed by atoms with Gasteiger partial charge in [0.05, 0.1) is 30.9 Å². The molecule has 1 N–H and O–H groups in total. The number of carbonyl (C=O) groups excluding carboxylic acids is 1. The van der Waals surface area contributed by atoms with Gasteiger partial charge in [-0.3, -0.25) is 9.48 Å². The number of carbonyl (C=O) groups is 1. The van der Waals surface area contributed by atoms with Crippen LogP contribution >= 0.6 is 11.8 Å². The standard InChI is InChI=1S/C16H19N3O3S/c1-9-14-15(10-5-11(21-3)7-12(6-10)22-4)23-8-13(20)17-16(14)19(2)18-9/h5-7,15H,8H2,1-4H3,(H,17,20). The number of hydrogen-bond acceptors (Lipinski definition) is 5. The Kier molecular flexibility index (Phi) is 4.21. The third-order valence-electron chi connectivity index (χ3n) is 3.85. The topological polar surface area (TPSA) is 65.4 Å². The summed E-state index contributed by atoms with van der Waals surface area (Å²) < 4.78 is 12.5. The quantitative estimate of drug-likeness (QED) is 0.935. The minimum absolute atomic E-state index is 0.0124. The number of aromatic nitrogens is 2. The summed E-state index contributed by atoms with van der Waals surface area (Å²) in [5.41, 5.74) is 2.96. The number of nitrogens with one attached hydrogen (secondary N) is 1. The van der Waals surface area contributed by atoms with Gasteiger partial charge < -0.3 is 14.8 Å². The number of thioether (sulfide) groups is 1. The van der Waals surface area contributed by atoms with E-state index in [1.165, 1.54) is 0 Å². The summed E-state index contributed by atoms with van der Waals surface area (Å²) in [7, 11) is 5.10. The number of amides is 1. The highest BCUT2D eigenvalue weighted by molar-refractivity contribution is 8.00. The number of fused-ring (bicyclic) bond motifs is 1. The number of nitrogens with zero attached hydrogens (tertiary/aromatic N) is 2. The van der Waals surface area contributed by atoms with Crippen LogP contribution in [0.3, 0.4) is 0 Å². The number of anilines is 1. The summed E-state index contributed by atoms with van der Waals surface area (Å²) >= 11 is 1.58. The van der Waals surface area contributed by atoms with Crippen molar-refractivity contribution in [3.05, 3.63) is 35.0 Å². The molecule has 2 heterocycles. The molecule has 1 amide bonds. The molecule has 0 aliphatic carbocycles. The molecule has 7 heteroatoms. The lowest BCUT2D eigenvalue weighted by molar-refractivity contribution is -0.113. The van der Waals surface area contributed by atoms with Crippen LogP contribution in [0.25, 0.3) is 0 Å². The number of rotatable bonds is 3. The highest BCUT2D eigenvalue weighted by atomic mass is 32.2. The second kappa shape index (κ2) is 6.16. The van der Waals surface area contributed by atoms with Crippen molar-refractivity contribution in [3.63, 3.8) is 0 Å². The molecule has 122 valence electrons. The summed E-state index contributed by atoms with van der Waals surface area (Å²) in [6.07, 6.45) is 0. The first-order valence-electron chi connectivity index (χ1n) is 7.21. The van der Waals surface area contributed by atoms with Crippen LogP contribution in [0.4, 0.5) is 5.82 Å². The molecule has 0 bridgehead atoms. The van der Waals surface area contributed by atoms with Crippen molar-refractivity contribution in [2.75, 3.05) is 25.3 Å². The van der Waals surface area contributed by atoms with E-state index in [1.807, 2.05) is 32.2 Å². The Morgan fingerprint density at radius 3 is 2.52 bits per heavy atom. The second-order valence-corrected chi connectivity index (χ2v) is 6.45. The Morgan fingerprint density at radius 1 is 1.26 bits per heavy atom. The second-order valence-electron chi connectivity index (χ2n) is 5.36. The van der Waals surface area contributed by atoms with Gasteiger partial charge in [-0.05, 0) is 24.6 Å². The Bertz CT molecular complexity index is 735. The summed E-state index contributed by atoms with van der Waals surface area (Å²) in [5.74, 6) is 2.58. The Morgan fingerprint density at radius 2 is 1.91 bits per heavy atom. The lowest BCUT2D eigenvalue weighted by Crippen LogP contribution is -2.15. The molecule has 0 spiro atoms. The number of hydrogen-bond donors (Lipinski definition) is 1. The molecule has 0 saturated heterocycles. The van der Waals surface area contributed by atoms with Crippen molar-refractivity contribution in [1.29, 1.82) is 0 Å². The van der Waals surface area contributed by atoms with E-state index in [0.29, 0.717) is 5.75 Å². The van der Waals surface area contributed by atoms with E-state index in [2.05, 4.69) is 10.4 Å². The van der Waals surface area contributed by atoms with Crippen LogP contribution in [0, 0.1) is 6.92 Å². The van der Waals surface area contributed by atoms with E-state index in [1.54, 1.807) is 30.7 Å². The Hall–Kier alpha value is -2.15. The molecule has 1 aromatic carbocycles. The molecular weight excluding hydrogens is 314 g/mol. The molecule has 1 atom stereocenters. The maximum Gasteiger partial charge on any atom is 0.235 e. The highest BCUT2D eigenvalue weighted by Gasteiger charge is 2.29. The van der Waals surface area contributed by atoms with Gasteiger partial charge in [-0.1, -0.05) is 0 Å². The average Bonchev–Trinajstić information content (AvgIpc) is 2.73. The van der Waals surface area contributed by atoms with Crippen LogP contribution in [0.5, 0.6) is 11.5 Å². The van der Waals surface area contributed by atoms with E-state index in [4.69, 9.17) is 9.47 Å². The molecule has 3 rings (SSSR count). The number of benzene rings is 1. The predicted octanol–water partition coefficient (Wildman–Crippen LogP) is 2.52. The van der Waals surface area contributed by atoms with E-state index >= 15 is 0 Å². The van der Waals surface area contributed by atoms with Crippen LogP contribution in [-0.4, -0.2) is 35.7 Å². The van der Waals surface area contributed by atoms with E-state index in [9.17, 15) is 4.79 Å². The smallest absolute Gasteiger partial charge is 0.235 e. The molecule has 0 saturated carbocycles. The van der Waals surface area contributed by atoms with Crippen LogP contribution in [0.2, 0.25) is 0 Å². The van der Waals surface area contributed by atoms with E-state index in [-0.39, 0.29) is 11.2 Å². The minimum atomic E-state index is -0.0170. The van der Waals surface area contributed by atoms with Gasteiger partial charge in [0.15, 0.2) is 0 Å². The van der Waals surface area contributed by atoms with Crippen molar-refractivity contribution in [3.8, 4) is 11.5 Å². The van der Waals surface area contributed by atoms with Gasteiger partial charge >= 0.3 is 0 Å². The molecule has 1 unspecified atom stereocenters. The zero-order chi connectivity index (χ0) is 16.6. The molecule has 0 fully saturated rings. The highest BCUT2D eigenvalue weighted by Crippen LogP contribution is 2.44. The molecular formula is C16H19N3O3S. The molecule has 1 aliphatic rings. The van der Waals surface area contributed by atoms with Gasteiger partial charge in [0.1, 0.15) is 17.3 Å². The van der Waals surface area contributed by atoms with Crippen LogP contribution in [0.1, 0.15) is 22.1 Å². The van der Waals surface area contributed by atoms with Crippen molar-refractivity contribution >= 4 is 23.5 Å². The predicted molar refractivity (Wildman–Crippen MR) is 90.4 cm³/mol. The third kappa shape index (κ3) is 2.88. The van der Waals surface area contributed by atoms with Gasteiger partial charge in [-0.15, -0.1) is 11.8 Å². The van der Waals surface area contributed by atoms with Crippen LogP contribution < -0.4 is 14.8 Å². The SMILES string of the molecule is COc1cc(OC)cc(C2SCC(=O)Nc3c2c(C)nn3C)c1. The number of aryl methyl sites for hydroxylation is 2. The maximum atomic E-state index is 12.0. The first-order valence-corrected chi connectivity index (χ1v) is 8.26. The van der Waals surface area contributed by atoms with Crippen LogP contribution in [0.15, 0.2) is 18.2 Å². The van der Waals surface area contributed by atoms with Gasteiger partial charge in [-0.25, -0.2) is 0 Å². The fraction of sp³-hybridized carbons (Fsp3) is 0.375. The Labute approximate surface area is 139 Å². The molecule has 0 radical (unpaired) electrons. The van der Waals surface area contributed by atoms with Gasteiger partial charge in [0, 0.05) is 18.7 Å². The largest absolute Gasteiger partial charge is 0.497 e.